The number of furan rings is 1. The number of hydrogen-bond donors (Lipinski definition) is 1. The molecule has 0 spiro atoms. The highest BCUT2D eigenvalue weighted by molar-refractivity contribution is 4.98. The minimum absolute atomic E-state index is 0.246. The lowest BCUT2D eigenvalue weighted by atomic mass is 9.86. The van der Waals surface area contributed by atoms with Crippen LogP contribution >= 0.6 is 0 Å². The zero-order valence-corrected chi connectivity index (χ0v) is 13.0. The Kier molecular flexibility index (Phi) is 5.64. The van der Waals surface area contributed by atoms with Crippen LogP contribution in [0.1, 0.15) is 26.0 Å². The molecule has 0 radical (unpaired) electrons. The van der Waals surface area contributed by atoms with Crippen molar-refractivity contribution in [3.8, 4) is 0 Å². The summed E-state index contributed by atoms with van der Waals surface area (Å²) in [5.74, 6) is 1.71. The summed E-state index contributed by atoms with van der Waals surface area (Å²) >= 11 is 0. The van der Waals surface area contributed by atoms with Gasteiger partial charge in [-0.25, -0.2) is 0 Å². The number of hydrogen-bond acceptors (Lipinski definition) is 4. The molecule has 2 rings (SSSR count). The first-order chi connectivity index (χ1) is 9.60. The SMILES string of the molecule is CC(C)CNCC1(CN(C)Cc2ccco2)CCOC1. The largest absolute Gasteiger partial charge is 0.468 e. The lowest BCUT2D eigenvalue weighted by Crippen LogP contribution is -2.44. The van der Waals surface area contributed by atoms with Crippen LogP contribution in [0.5, 0.6) is 0 Å². The predicted molar refractivity (Wildman–Crippen MR) is 80.6 cm³/mol. The van der Waals surface area contributed by atoms with Crippen LogP contribution in [0.15, 0.2) is 22.8 Å². The third-order valence-electron chi connectivity index (χ3n) is 3.85. The first-order valence-corrected chi connectivity index (χ1v) is 7.59. The van der Waals surface area contributed by atoms with Crippen molar-refractivity contribution in [1.29, 1.82) is 0 Å². The van der Waals surface area contributed by atoms with Crippen LogP contribution < -0.4 is 5.32 Å². The zero-order valence-electron chi connectivity index (χ0n) is 13.0. The predicted octanol–water partition coefficient (Wildman–Crippen LogP) is 2.36. The van der Waals surface area contributed by atoms with Crippen molar-refractivity contribution in [2.24, 2.45) is 11.3 Å². The van der Waals surface area contributed by atoms with Gasteiger partial charge < -0.3 is 14.5 Å². The molecule has 2 heterocycles. The van der Waals surface area contributed by atoms with Gasteiger partial charge in [-0.2, -0.15) is 0 Å². The Hall–Kier alpha value is -0.840. The maximum absolute atomic E-state index is 5.66. The van der Waals surface area contributed by atoms with Gasteiger partial charge in [0.15, 0.2) is 0 Å². The van der Waals surface area contributed by atoms with E-state index in [2.05, 4.69) is 31.1 Å². The summed E-state index contributed by atoms with van der Waals surface area (Å²) in [7, 11) is 2.16. The number of ether oxygens (including phenoxy) is 1. The summed E-state index contributed by atoms with van der Waals surface area (Å²) in [5.41, 5.74) is 0.246. The van der Waals surface area contributed by atoms with Crippen molar-refractivity contribution >= 4 is 0 Å². The molecule has 0 saturated carbocycles. The first-order valence-electron chi connectivity index (χ1n) is 7.59. The van der Waals surface area contributed by atoms with Crippen LogP contribution in [0.3, 0.4) is 0 Å². The summed E-state index contributed by atoms with van der Waals surface area (Å²) in [6, 6.07) is 3.98. The van der Waals surface area contributed by atoms with Crippen molar-refractivity contribution in [3.05, 3.63) is 24.2 Å². The van der Waals surface area contributed by atoms with E-state index in [1.54, 1.807) is 6.26 Å². The van der Waals surface area contributed by atoms with Gasteiger partial charge in [-0.1, -0.05) is 13.8 Å². The Morgan fingerprint density at radius 3 is 2.90 bits per heavy atom. The van der Waals surface area contributed by atoms with Crippen LogP contribution in [0.25, 0.3) is 0 Å². The molecular formula is C16H28N2O2. The number of rotatable bonds is 8. The molecule has 1 unspecified atom stereocenters. The topological polar surface area (TPSA) is 37.6 Å². The van der Waals surface area contributed by atoms with E-state index in [0.29, 0.717) is 5.92 Å². The lowest BCUT2D eigenvalue weighted by molar-refractivity contribution is 0.113. The molecule has 0 amide bonds. The highest BCUT2D eigenvalue weighted by Gasteiger charge is 2.35. The Bertz CT molecular complexity index is 370. The molecule has 0 aliphatic carbocycles. The molecule has 1 atom stereocenters. The van der Waals surface area contributed by atoms with Gasteiger partial charge in [-0.15, -0.1) is 0 Å². The van der Waals surface area contributed by atoms with Gasteiger partial charge in [0.2, 0.25) is 0 Å². The van der Waals surface area contributed by atoms with Gasteiger partial charge in [0.25, 0.3) is 0 Å². The van der Waals surface area contributed by atoms with Crippen molar-refractivity contribution in [3.63, 3.8) is 0 Å². The summed E-state index contributed by atoms with van der Waals surface area (Å²) in [6.07, 6.45) is 2.88. The second-order valence-electron chi connectivity index (χ2n) is 6.58. The van der Waals surface area contributed by atoms with Gasteiger partial charge >= 0.3 is 0 Å². The van der Waals surface area contributed by atoms with E-state index in [-0.39, 0.29) is 5.41 Å². The highest BCUT2D eigenvalue weighted by Crippen LogP contribution is 2.29. The molecule has 1 aromatic heterocycles. The van der Waals surface area contributed by atoms with Crippen molar-refractivity contribution in [2.75, 3.05) is 39.9 Å². The van der Waals surface area contributed by atoms with E-state index in [1.807, 2.05) is 12.1 Å². The molecule has 0 bridgehead atoms. The second-order valence-corrected chi connectivity index (χ2v) is 6.58. The third kappa shape index (κ3) is 4.62. The highest BCUT2D eigenvalue weighted by atomic mass is 16.5. The quantitative estimate of drug-likeness (QED) is 0.793. The van der Waals surface area contributed by atoms with Crippen molar-refractivity contribution in [2.45, 2.75) is 26.8 Å². The van der Waals surface area contributed by atoms with E-state index >= 15 is 0 Å². The van der Waals surface area contributed by atoms with Gasteiger partial charge in [-0.05, 0) is 38.1 Å². The van der Waals surface area contributed by atoms with Gasteiger partial charge in [0.05, 0.1) is 19.4 Å². The molecule has 1 fully saturated rings. The molecule has 0 aromatic carbocycles. The molecule has 1 aliphatic heterocycles. The molecule has 4 heteroatoms. The fraction of sp³-hybridized carbons (Fsp3) is 0.750. The normalized spacial score (nSPS) is 23.1. The molecular weight excluding hydrogens is 252 g/mol. The third-order valence-corrected chi connectivity index (χ3v) is 3.85. The van der Waals surface area contributed by atoms with Gasteiger partial charge in [0.1, 0.15) is 5.76 Å². The standard InChI is InChI=1S/C16H28N2O2/c1-14(2)9-17-11-16(6-8-19-13-16)12-18(3)10-15-5-4-7-20-15/h4-5,7,14,17H,6,8-13H2,1-3H3. The van der Waals surface area contributed by atoms with Crippen LogP contribution in [-0.2, 0) is 11.3 Å². The molecule has 1 saturated heterocycles. The Balaban J connectivity index is 1.84. The Morgan fingerprint density at radius 2 is 2.30 bits per heavy atom. The fourth-order valence-electron chi connectivity index (χ4n) is 2.89. The van der Waals surface area contributed by atoms with E-state index in [4.69, 9.17) is 9.15 Å². The second kappa shape index (κ2) is 7.25. The molecule has 1 N–H and O–H groups in total. The first kappa shape index (κ1) is 15.5. The monoisotopic (exact) mass is 280 g/mol. The van der Waals surface area contributed by atoms with Crippen molar-refractivity contribution < 1.29 is 9.15 Å². The van der Waals surface area contributed by atoms with Gasteiger partial charge in [0, 0.05) is 25.1 Å². The summed E-state index contributed by atoms with van der Waals surface area (Å²) in [5, 5.41) is 3.60. The Labute approximate surface area is 122 Å². The minimum Gasteiger partial charge on any atom is -0.468 e. The van der Waals surface area contributed by atoms with E-state index in [1.165, 1.54) is 0 Å². The molecule has 4 nitrogen and oxygen atoms in total. The minimum atomic E-state index is 0.246. The fourth-order valence-corrected chi connectivity index (χ4v) is 2.89. The van der Waals surface area contributed by atoms with Gasteiger partial charge in [-0.3, -0.25) is 4.90 Å². The number of nitrogens with one attached hydrogen (secondary N) is 1. The Morgan fingerprint density at radius 1 is 1.45 bits per heavy atom. The van der Waals surface area contributed by atoms with E-state index < -0.39 is 0 Å². The average Bonchev–Trinajstić information content (AvgIpc) is 3.01. The van der Waals surface area contributed by atoms with E-state index in [9.17, 15) is 0 Å². The lowest BCUT2D eigenvalue weighted by Gasteiger charge is -2.32. The van der Waals surface area contributed by atoms with E-state index in [0.717, 1.165) is 51.6 Å². The molecule has 1 aliphatic rings. The van der Waals surface area contributed by atoms with Crippen LogP contribution in [0, 0.1) is 11.3 Å². The summed E-state index contributed by atoms with van der Waals surface area (Å²) in [4.78, 5) is 2.34. The maximum atomic E-state index is 5.66. The molecule has 20 heavy (non-hydrogen) atoms. The molecule has 1 aromatic rings. The summed E-state index contributed by atoms with van der Waals surface area (Å²) in [6.45, 7) is 10.2. The van der Waals surface area contributed by atoms with Crippen LogP contribution in [0.2, 0.25) is 0 Å². The summed E-state index contributed by atoms with van der Waals surface area (Å²) < 4.78 is 11.1. The number of nitrogens with zero attached hydrogens (tertiary/aromatic N) is 1. The average molecular weight is 280 g/mol. The van der Waals surface area contributed by atoms with Crippen molar-refractivity contribution in [1.82, 2.24) is 10.2 Å². The van der Waals surface area contributed by atoms with Crippen LogP contribution in [0.4, 0.5) is 0 Å². The van der Waals surface area contributed by atoms with Crippen LogP contribution in [-0.4, -0.2) is 44.8 Å². The molecule has 114 valence electrons. The zero-order chi connectivity index (χ0) is 14.4. The smallest absolute Gasteiger partial charge is 0.117 e. The maximum Gasteiger partial charge on any atom is 0.117 e.